The summed E-state index contributed by atoms with van der Waals surface area (Å²) in [6.07, 6.45) is 3.00. The van der Waals surface area contributed by atoms with E-state index in [9.17, 15) is 8.42 Å². The molecule has 1 aliphatic rings. The molecule has 7 nitrogen and oxygen atoms in total. The number of pyridine rings is 1. The van der Waals surface area contributed by atoms with Crippen LogP contribution in [-0.4, -0.2) is 59.1 Å². The Morgan fingerprint density at radius 1 is 1.12 bits per heavy atom. The van der Waals surface area contributed by atoms with Crippen molar-refractivity contribution in [3.8, 4) is 11.4 Å². The largest absolute Gasteiger partial charge is 0.353 e. The number of hydrogen-bond donors (Lipinski definition) is 0. The highest BCUT2D eigenvalue weighted by molar-refractivity contribution is 7.88. The second-order valence-electron chi connectivity index (χ2n) is 6.94. The Bertz CT molecular complexity index is 868. The fourth-order valence-corrected chi connectivity index (χ4v) is 4.68. The second kappa shape index (κ2) is 6.34. The maximum atomic E-state index is 12.0. The Morgan fingerprint density at radius 2 is 1.88 bits per heavy atom. The number of nitrogens with zero attached hydrogens (tertiary/aromatic N) is 5. The van der Waals surface area contributed by atoms with Crippen LogP contribution in [-0.2, 0) is 10.0 Å². The third kappa shape index (κ3) is 3.80. The third-order valence-electron chi connectivity index (χ3n) is 4.30. The van der Waals surface area contributed by atoms with Crippen molar-refractivity contribution < 1.29 is 8.42 Å². The van der Waals surface area contributed by atoms with Crippen LogP contribution in [0.25, 0.3) is 11.4 Å². The van der Waals surface area contributed by atoms with Gasteiger partial charge >= 0.3 is 0 Å². The number of rotatable bonds is 3. The molecule has 0 bridgehead atoms. The smallest absolute Gasteiger partial charge is 0.211 e. The van der Waals surface area contributed by atoms with Gasteiger partial charge in [-0.05, 0) is 32.9 Å². The van der Waals surface area contributed by atoms with Crippen molar-refractivity contribution in [1.82, 2.24) is 19.3 Å². The molecule has 0 saturated carbocycles. The molecule has 2 aromatic rings. The lowest BCUT2D eigenvalue weighted by molar-refractivity contribution is 0.206. The highest BCUT2D eigenvalue weighted by Crippen LogP contribution is 2.28. The molecule has 3 rings (SSSR count). The minimum atomic E-state index is -3.23. The molecule has 1 aliphatic heterocycles. The Labute approximate surface area is 148 Å². The SMILES string of the molecule is Cc1nc(-c2ccccn2)cc(N2CCN(S(C)(=O)=O)C(C)(C)C2)n1. The lowest BCUT2D eigenvalue weighted by Crippen LogP contribution is -2.61. The first kappa shape index (κ1) is 17.8. The summed E-state index contributed by atoms with van der Waals surface area (Å²) in [4.78, 5) is 15.5. The molecule has 0 N–H and O–H groups in total. The van der Waals surface area contributed by atoms with Gasteiger partial charge in [-0.2, -0.15) is 4.31 Å². The summed E-state index contributed by atoms with van der Waals surface area (Å²) >= 11 is 0. The molecular formula is C17H23N5O2S. The fourth-order valence-electron chi connectivity index (χ4n) is 3.31. The molecule has 0 atom stereocenters. The normalized spacial score (nSPS) is 18.3. The van der Waals surface area contributed by atoms with E-state index < -0.39 is 15.6 Å². The van der Waals surface area contributed by atoms with Crippen LogP contribution in [0.4, 0.5) is 5.82 Å². The zero-order valence-electron chi connectivity index (χ0n) is 15.0. The summed E-state index contributed by atoms with van der Waals surface area (Å²) in [7, 11) is -3.23. The van der Waals surface area contributed by atoms with Crippen molar-refractivity contribution in [1.29, 1.82) is 0 Å². The number of aryl methyl sites for hydroxylation is 1. The minimum absolute atomic E-state index is 0.438. The number of hydrogen-bond acceptors (Lipinski definition) is 6. The number of aromatic nitrogens is 3. The number of anilines is 1. The van der Waals surface area contributed by atoms with Gasteiger partial charge in [0.2, 0.25) is 10.0 Å². The lowest BCUT2D eigenvalue weighted by Gasteiger charge is -2.46. The van der Waals surface area contributed by atoms with E-state index in [1.807, 2.05) is 45.0 Å². The molecule has 0 aliphatic carbocycles. The Kier molecular flexibility index (Phi) is 4.51. The van der Waals surface area contributed by atoms with Crippen LogP contribution in [0.2, 0.25) is 0 Å². The zero-order valence-corrected chi connectivity index (χ0v) is 15.8. The first-order valence-corrected chi connectivity index (χ1v) is 10.0. The Morgan fingerprint density at radius 3 is 2.48 bits per heavy atom. The number of piperazine rings is 1. The molecular weight excluding hydrogens is 338 g/mol. The van der Waals surface area contributed by atoms with E-state index >= 15 is 0 Å². The van der Waals surface area contributed by atoms with Crippen LogP contribution in [0.15, 0.2) is 30.5 Å². The molecule has 0 spiro atoms. The molecule has 25 heavy (non-hydrogen) atoms. The Hall–Kier alpha value is -2.06. The first-order chi connectivity index (χ1) is 11.7. The van der Waals surface area contributed by atoms with Crippen molar-refractivity contribution in [3.63, 3.8) is 0 Å². The van der Waals surface area contributed by atoms with Crippen LogP contribution in [0, 0.1) is 6.92 Å². The summed E-state index contributed by atoms with van der Waals surface area (Å²) in [6.45, 7) is 7.33. The van der Waals surface area contributed by atoms with E-state index in [0.29, 0.717) is 25.5 Å². The molecule has 8 heteroatoms. The van der Waals surface area contributed by atoms with Gasteiger partial charge in [0.25, 0.3) is 0 Å². The van der Waals surface area contributed by atoms with Gasteiger partial charge < -0.3 is 4.90 Å². The van der Waals surface area contributed by atoms with Crippen molar-refractivity contribution >= 4 is 15.8 Å². The molecule has 0 aromatic carbocycles. The molecule has 0 unspecified atom stereocenters. The molecule has 2 aromatic heterocycles. The van der Waals surface area contributed by atoms with Crippen molar-refractivity contribution in [2.45, 2.75) is 26.3 Å². The van der Waals surface area contributed by atoms with Crippen LogP contribution >= 0.6 is 0 Å². The van der Waals surface area contributed by atoms with E-state index in [-0.39, 0.29) is 0 Å². The Balaban J connectivity index is 1.92. The van der Waals surface area contributed by atoms with Gasteiger partial charge in [0.1, 0.15) is 11.6 Å². The van der Waals surface area contributed by atoms with Crippen molar-refractivity contribution in [3.05, 3.63) is 36.3 Å². The van der Waals surface area contributed by atoms with Gasteiger partial charge in [0, 0.05) is 37.4 Å². The second-order valence-corrected chi connectivity index (χ2v) is 8.85. The van der Waals surface area contributed by atoms with E-state index in [2.05, 4.69) is 19.9 Å². The van der Waals surface area contributed by atoms with Crippen LogP contribution in [0.1, 0.15) is 19.7 Å². The molecule has 0 radical (unpaired) electrons. The molecule has 1 saturated heterocycles. The standard InChI is InChI=1S/C17H23N5O2S/c1-13-19-15(14-7-5-6-8-18-14)11-16(20-13)21-9-10-22(25(4,23)24)17(2,3)12-21/h5-8,11H,9-10,12H2,1-4H3. The summed E-state index contributed by atoms with van der Waals surface area (Å²) in [5.41, 5.74) is 1.06. The van der Waals surface area contributed by atoms with Gasteiger partial charge in [-0.25, -0.2) is 18.4 Å². The maximum Gasteiger partial charge on any atom is 0.211 e. The highest BCUT2D eigenvalue weighted by Gasteiger charge is 2.39. The summed E-state index contributed by atoms with van der Waals surface area (Å²) in [5.74, 6) is 1.47. The van der Waals surface area contributed by atoms with Gasteiger partial charge in [-0.15, -0.1) is 0 Å². The monoisotopic (exact) mass is 361 g/mol. The summed E-state index contributed by atoms with van der Waals surface area (Å²) in [6, 6.07) is 7.62. The quantitative estimate of drug-likeness (QED) is 0.828. The minimum Gasteiger partial charge on any atom is -0.353 e. The topological polar surface area (TPSA) is 79.3 Å². The third-order valence-corrected chi connectivity index (χ3v) is 5.78. The predicted molar refractivity (Wildman–Crippen MR) is 97.8 cm³/mol. The summed E-state index contributed by atoms with van der Waals surface area (Å²) < 4.78 is 25.6. The zero-order chi connectivity index (χ0) is 18.2. The average molecular weight is 361 g/mol. The predicted octanol–water partition coefficient (Wildman–Crippen LogP) is 1.71. The van der Waals surface area contributed by atoms with Gasteiger partial charge in [0.15, 0.2) is 0 Å². The van der Waals surface area contributed by atoms with Gasteiger partial charge in [-0.3, -0.25) is 4.98 Å². The molecule has 1 fully saturated rings. The number of sulfonamides is 1. The van der Waals surface area contributed by atoms with E-state index in [4.69, 9.17) is 0 Å². The first-order valence-electron chi connectivity index (χ1n) is 8.17. The molecule has 3 heterocycles. The van der Waals surface area contributed by atoms with E-state index in [1.165, 1.54) is 6.26 Å². The molecule has 0 amide bonds. The van der Waals surface area contributed by atoms with E-state index in [1.54, 1.807) is 10.5 Å². The van der Waals surface area contributed by atoms with Crippen LogP contribution in [0.3, 0.4) is 0 Å². The van der Waals surface area contributed by atoms with Crippen LogP contribution < -0.4 is 4.90 Å². The van der Waals surface area contributed by atoms with E-state index in [0.717, 1.165) is 17.2 Å². The highest BCUT2D eigenvalue weighted by atomic mass is 32.2. The summed E-state index contributed by atoms with van der Waals surface area (Å²) in [5, 5.41) is 0. The average Bonchev–Trinajstić information content (AvgIpc) is 2.53. The van der Waals surface area contributed by atoms with Gasteiger partial charge in [-0.1, -0.05) is 6.07 Å². The van der Waals surface area contributed by atoms with Gasteiger partial charge in [0.05, 0.1) is 17.6 Å². The van der Waals surface area contributed by atoms with Crippen molar-refractivity contribution in [2.24, 2.45) is 0 Å². The van der Waals surface area contributed by atoms with Crippen LogP contribution in [0.5, 0.6) is 0 Å². The lowest BCUT2D eigenvalue weighted by atomic mass is 10.0. The molecule has 134 valence electrons. The van der Waals surface area contributed by atoms with Crippen molar-refractivity contribution in [2.75, 3.05) is 30.8 Å². The fraction of sp³-hybridized carbons (Fsp3) is 0.471. The maximum absolute atomic E-state index is 12.0.